The quantitative estimate of drug-likeness (QED) is 0.410. The minimum Gasteiger partial charge on any atom is -0.380 e. The van der Waals surface area contributed by atoms with Crippen molar-refractivity contribution in [3.63, 3.8) is 0 Å². The minimum absolute atomic E-state index is 0.0622. The van der Waals surface area contributed by atoms with E-state index in [1.54, 1.807) is 0 Å². The van der Waals surface area contributed by atoms with Crippen molar-refractivity contribution in [3.8, 4) is 0 Å². The molecular formula is C12H20N4O3S. The van der Waals surface area contributed by atoms with Crippen molar-refractivity contribution in [2.75, 3.05) is 32.2 Å². The second kappa shape index (κ2) is 6.49. The zero-order valence-corrected chi connectivity index (χ0v) is 12.3. The standard InChI is InChI=1S/C12H20N4O3S/c1-16(6-7-19-9-10-2-3-10)20(17,18)12-8-14-5-4-11(12)15-13/h4-5,8,10H,2-3,6-7,9,13H2,1H3,(H,14,15). The number of likely N-dealkylation sites (N-methyl/N-ethyl adjacent to an activating group) is 1. The van der Waals surface area contributed by atoms with Crippen LogP contribution in [-0.2, 0) is 14.8 Å². The molecule has 7 nitrogen and oxygen atoms in total. The summed E-state index contributed by atoms with van der Waals surface area (Å²) in [6, 6.07) is 1.52. The zero-order valence-electron chi connectivity index (χ0n) is 11.4. The Balaban J connectivity index is 1.96. The Morgan fingerprint density at radius 3 is 2.95 bits per heavy atom. The van der Waals surface area contributed by atoms with Crippen LogP contribution in [0.15, 0.2) is 23.4 Å². The first-order valence-corrected chi connectivity index (χ1v) is 7.94. The lowest BCUT2D eigenvalue weighted by atomic mass is 10.4. The Labute approximate surface area is 119 Å². The predicted molar refractivity (Wildman–Crippen MR) is 75.4 cm³/mol. The number of rotatable bonds is 8. The van der Waals surface area contributed by atoms with Crippen LogP contribution in [0.1, 0.15) is 12.8 Å². The molecule has 1 heterocycles. The maximum atomic E-state index is 12.4. The van der Waals surface area contributed by atoms with Gasteiger partial charge in [0.25, 0.3) is 0 Å². The van der Waals surface area contributed by atoms with Gasteiger partial charge in [0.05, 0.1) is 12.3 Å². The van der Waals surface area contributed by atoms with Crippen LogP contribution >= 0.6 is 0 Å². The summed E-state index contributed by atoms with van der Waals surface area (Å²) in [5.74, 6) is 5.99. The topological polar surface area (TPSA) is 97.5 Å². The minimum atomic E-state index is -3.62. The molecule has 0 aromatic carbocycles. The average molecular weight is 300 g/mol. The number of aromatic nitrogens is 1. The molecule has 1 aromatic heterocycles. The van der Waals surface area contributed by atoms with E-state index in [0.717, 1.165) is 6.61 Å². The summed E-state index contributed by atoms with van der Waals surface area (Å²) in [4.78, 5) is 3.90. The monoisotopic (exact) mass is 300 g/mol. The highest BCUT2D eigenvalue weighted by Crippen LogP contribution is 2.28. The highest BCUT2D eigenvalue weighted by atomic mass is 32.2. The molecule has 0 atom stereocenters. The first kappa shape index (κ1) is 15.2. The van der Waals surface area contributed by atoms with Gasteiger partial charge in [-0.25, -0.2) is 8.42 Å². The molecule has 0 amide bonds. The number of nitrogens with zero attached hydrogens (tertiary/aromatic N) is 2. The fourth-order valence-electron chi connectivity index (χ4n) is 1.72. The second-order valence-electron chi connectivity index (χ2n) is 4.86. The molecule has 8 heteroatoms. The average Bonchev–Trinajstić information content (AvgIpc) is 3.27. The molecule has 2 rings (SSSR count). The lowest BCUT2D eigenvalue weighted by Crippen LogP contribution is -2.31. The van der Waals surface area contributed by atoms with Crippen molar-refractivity contribution in [2.45, 2.75) is 17.7 Å². The van der Waals surface area contributed by atoms with E-state index >= 15 is 0 Å². The Hall–Kier alpha value is -1.22. The molecule has 0 bridgehead atoms. The van der Waals surface area contributed by atoms with Gasteiger partial charge in [0, 0.05) is 32.6 Å². The SMILES string of the molecule is CN(CCOCC1CC1)S(=O)(=O)c1cnccc1NN. The highest BCUT2D eigenvalue weighted by molar-refractivity contribution is 7.89. The lowest BCUT2D eigenvalue weighted by molar-refractivity contribution is 0.117. The van der Waals surface area contributed by atoms with E-state index in [-0.39, 0.29) is 4.90 Å². The summed E-state index contributed by atoms with van der Waals surface area (Å²) in [7, 11) is -2.10. The summed E-state index contributed by atoms with van der Waals surface area (Å²) in [5.41, 5.74) is 2.69. The van der Waals surface area contributed by atoms with Gasteiger partial charge in [-0.3, -0.25) is 10.8 Å². The van der Waals surface area contributed by atoms with Crippen LogP contribution < -0.4 is 11.3 Å². The zero-order chi connectivity index (χ0) is 14.6. The van der Waals surface area contributed by atoms with Crippen LogP contribution in [0.2, 0.25) is 0 Å². The van der Waals surface area contributed by atoms with Crippen molar-refractivity contribution < 1.29 is 13.2 Å². The Bertz CT molecular complexity index is 545. The molecule has 0 spiro atoms. The normalized spacial score (nSPS) is 15.6. The van der Waals surface area contributed by atoms with Crippen molar-refractivity contribution >= 4 is 15.7 Å². The first-order valence-electron chi connectivity index (χ1n) is 6.50. The molecule has 1 aliphatic carbocycles. The maximum Gasteiger partial charge on any atom is 0.246 e. The van der Waals surface area contributed by atoms with Gasteiger partial charge in [-0.1, -0.05) is 0 Å². The molecule has 1 fully saturated rings. The molecule has 1 aliphatic rings. The lowest BCUT2D eigenvalue weighted by Gasteiger charge is -2.18. The number of nitrogens with two attached hydrogens (primary N) is 1. The second-order valence-corrected chi connectivity index (χ2v) is 6.87. The largest absolute Gasteiger partial charge is 0.380 e. The molecule has 1 saturated carbocycles. The van der Waals surface area contributed by atoms with Crippen LogP contribution in [-0.4, -0.2) is 44.5 Å². The van der Waals surface area contributed by atoms with Gasteiger partial charge < -0.3 is 10.2 Å². The highest BCUT2D eigenvalue weighted by Gasteiger charge is 2.25. The van der Waals surface area contributed by atoms with Crippen LogP contribution in [0, 0.1) is 5.92 Å². The number of nitrogen functional groups attached to an aromatic ring is 1. The summed E-state index contributed by atoms with van der Waals surface area (Å²) in [6.07, 6.45) is 5.20. The molecule has 3 N–H and O–H groups in total. The van der Waals surface area contributed by atoms with E-state index in [0.29, 0.717) is 24.8 Å². The van der Waals surface area contributed by atoms with Gasteiger partial charge in [-0.15, -0.1) is 0 Å². The van der Waals surface area contributed by atoms with E-state index in [1.807, 2.05) is 0 Å². The van der Waals surface area contributed by atoms with Crippen molar-refractivity contribution in [3.05, 3.63) is 18.5 Å². The third-order valence-electron chi connectivity index (χ3n) is 3.23. The predicted octanol–water partition coefficient (Wildman–Crippen LogP) is 0.414. The van der Waals surface area contributed by atoms with Crippen LogP contribution in [0.3, 0.4) is 0 Å². The summed E-state index contributed by atoms with van der Waals surface area (Å²) in [6.45, 7) is 1.40. The number of ether oxygens (including phenoxy) is 1. The number of hydrogen-bond acceptors (Lipinski definition) is 6. The van der Waals surface area contributed by atoms with Crippen LogP contribution in [0.25, 0.3) is 0 Å². The van der Waals surface area contributed by atoms with E-state index in [2.05, 4.69) is 10.4 Å². The number of sulfonamides is 1. The molecule has 0 aliphatic heterocycles. The number of anilines is 1. The number of hydrogen-bond donors (Lipinski definition) is 2. The van der Waals surface area contributed by atoms with Gasteiger partial charge in [-0.2, -0.15) is 4.31 Å². The molecule has 0 radical (unpaired) electrons. The van der Waals surface area contributed by atoms with Gasteiger partial charge in [0.15, 0.2) is 0 Å². The molecule has 112 valence electrons. The van der Waals surface area contributed by atoms with Gasteiger partial charge in [0.2, 0.25) is 10.0 Å². The van der Waals surface area contributed by atoms with E-state index < -0.39 is 10.0 Å². The van der Waals surface area contributed by atoms with E-state index in [1.165, 1.54) is 42.7 Å². The van der Waals surface area contributed by atoms with Gasteiger partial charge in [-0.05, 0) is 24.8 Å². The fraction of sp³-hybridized carbons (Fsp3) is 0.583. The molecule has 20 heavy (non-hydrogen) atoms. The molecular weight excluding hydrogens is 280 g/mol. The summed E-state index contributed by atoms with van der Waals surface area (Å²) >= 11 is 0. The van der Waals surface area contributed by atoms with Crippen molar-refractivity contribution in [1.29, 1.82) is 0 Å². The fourth-order valence-corrected chi connectivity index (χ4v) is 2.97. The van der Waals surface area contributed by atoms with Crippen molar-refractivity contribution in [1.82, 2.24) is 9.29 Å². The molecule has 0 saturated heterocycles. The Morgan fingerprint density at radius 1 is 1.55 bits per heavy atom. The van der Waals surface area contributed by atoms with Crippen LogP contribution in [0.5, 0.6) is 0 Å². The Kier molecular flexibility index (Phi) is 4.92. The maximum absolute atomic E-state index is 12.4. The van der Waals surface area contributed by atoms with Crippen LogP contribution in [0.4, 0.5) is 5.69 Å². The smallest absolute Gasteiger partial charge is 0.246 e. The molecule has 0 unspecified atom stereocenters. The van der Waals surface area contributed by atoms with Gasteiger partial charge in [0.1, 0.15) is 4.90 Å². The molecule has 1 aromatic rings. The van der Waals surface area contributed by atoms with Gasteiger partial charge >= 0.3 is 0 Å². The number of nitrogens with one attached hydrogen (secondary N) is 1. The third kappa shape index (κ3) is 3.66. The third-order valence-corrected chi connectivity index (χ3v) is 5.11. The van der Waals surface area contributed by atoms with E-state index in [4.69, 9.17) is 10.6 Å². The van der Waals surface area contributed by atoms with Crippen molar-refractivity contribution in [2.24, 2.45) is 11.8 Å². The summed E-state index contributed by atoms with van der Waals surface area (Å²) in [5, 5.41) is 0. The number of hydrazine groups is 1. The van der Waals surface area contributed by atoms with E-state index in [9.17, 15) is 8.42 Å². The Morgan fingerprint density at radius 2 is 2.30 bits per heavy atom. The first-order chi connectivity index (χ1) is 9.55. The summed E-state index contributed by atoms with van der Waals surface area (Å²) < 4.78 is 31.5. The number of pyridine rings is 1.